The molecular formula is C15H33Cl2N3O. The highest BCUT2D eigenvalue weighted by Crippen LogP contribution is 2.19. The summed E-state index contributed by atoms with van der Waals surface area (Å²) in [4.78, 5) is 16.5. The normalized spacial score (nSPS) is 17.1. The summed E-state index contributed by atoms with van der Waals surface area (Å²) in [6, 6.07) is 0. The highest BCUT2D eigenvalue weighted by atomic mass is 35.5. The van der Waals surface area contributed by atoms with E-state index in [9.17, 15) is 4.79 Å². The van der Waals surface area contributed by atoms with Crippen LogP contribution in [0.1, 0.15) is 39.5 Å². The molecule has 1 amide bonds. The topological polar surface area (TPSA) is 49.6 Å². The van der Waals surface area contributed by atoms with Crippen LogP contribution in [0.3, 0.4) is 0 Å². The Morgan fingerprint density at radius 3 is 2.38 bits per heavy atom. The zero-order valence-corrected chi connectivity index (χ0v) is 15.3. The lowest BCUT2D eigenvalue weighted by molar-refractivity contribution is -0.136. The maximum atomic E-state index is 12.0. The second-order valence-electron chi connectivity index (χ2n) is 6.02. The van der Waals surface area contributed by atoms with Crippen LogP contribution in [0, 0.1) is 11.8 Å². The van der Waals surface area contributed by atoms with Gasteiger partial charge in [0.25, 0.3) is 0 Å². The van der Waals surface area contributed by atoms with Gasteiger partial charge in [0, 0.05) is 32.1 Å². The Morgan fingerprint density at radius 2 is 1.90 bits per heavy atom. The second kappa shape index (κ2) is 12.5. The third-order valence-electron chi connectivity index (χ3n) is 4.16. The van der Waals surface area contributed by atoms with E-state index in [1.54, 1.807) is 0 Å². The Balaban J connectivity index is 0. The molecule has 4 nitrogen and oxygen atoms in total. The van der Waals surface area contributed by atoms with Gasteiger partial charge < -0.3 is 15.5 Å². The first-order valence-electron chi connectivity index (χ1n) is 7.75. The van der Waals surface area contributed by atoms with Crippen molar-refractivity contribution < 1.29 is 4.79 Å². The van der Waals surface area contributed by atoms with Crippen molar-refractivity contribution in [1.82, 2.24) is 9.80 Å². The molecule has 1 aliphatic rings. The zero-order chi connectivity index (χ0) is 14.3. The van der Waals surface area contributed by atoms with Crippen LogP contribution in [0.2, 0.25) is 0 Å². The van der Waals surface area contributed by atoms with E-state index in [-0.39, 0.29) is 36.6 Å². The molecule has 0 saturated carbocycles. The number of amides is 1. The molecule has 1 saturated heterocycles. The number of likely N-dealkylation sites (tertiary alicyclic amines) is 1. The number of hydrogen-bond acceptors (Lipinski definition) is 3. The van der Waals surface area contributed by atoms with Gasteiger partial charge in [-0.25, -0.2) is 0 Å². The molecule has 0 aliphatic carbocycles. The van der Waals surface area contributed by atoms with Crippen molar-refractivity contribution in [3.05, 3.63) is 0 Å². The van der Waals surface area contributed by atoms with Gasteiger partial charge in [-0.15, -0.1) is 24.8 Å². The van der Waals surface area contributed by atoms with E-state index in [0.717, 1.165) is 31.8 Å². The largest absolute Gasteiger partial charge is 0.342 e. The van der Waals surface area contributed by atoms with Crippen LogP contribution in [0.15, 0.2) is 0 Å². The molecule has 21 heavy (non-hydrogen) atoms. The van der Waals surface area contributed by atoms with Crippen molar-refractivity contribution in [2.24, 2.45) is 17.6 Å². The van der Waals surface area contributed by atoms with E-state index < -0.39 is 0 Å². The fraction of sp³-hybridized carbons (Fsp3) is 0.933. The number of piperidine rings is 1. The van der Waals surface area contributed by atoms with Crippen LogP contribution in [-0.4, -0.2) is 55.5 Å². The molecule has 0 aromatic heterocycles. The predicted octanol–water partition coefficient (Wildman–Crippen LogP) is 2.40. The van der Waals surface area contributed by atoms with Crippen molar-refractivity contribution in [2.75, 3.05) is 39.8 Å². The third-order valence-corrected chi connectivity index (χ3v) is 4.16. The lowest BCUT2D eigenvalue weighted by Gasteiger charge is -2.35. The summed E-state index contributed by atoms with van der Waals surface area (Å²) >= 11 is 0. The summed E-state index contributed by atoms with van der Waals surface area (Å²) < 4.78 is 0. The fourth-order valence-electron chi connectivity index (χ4n) is 2.71. The average molecular weight is 342 g/mol. The lowest BCUT2D eigenvalue weighted by Crippen LogP contribution is -2.44. The van der Waals surface area contributed by atoms with Crippen LogP contribution in [0.5, 0.6) is 0 Å². The van der Waals surface area contributed by atoms with Crippen LogP contribution in [0.25, 0.3) is 0 Å². The summed E-state index contributed by atoms with van der Waals surface area (Å²) in [7, 11) is 2.21. The summed E-state index contributed by atoms with van der Waals surface area (Å²) in [6.45, 7) is 8.81. The summed E-state index contributed by atoms with van der Waals surface area (Å²) in [5.74, 6) is 0.961. The highest BCUT2D eigenvalue weighted by molar-refractivity contribution is 5.85. The monoisotopic (exact) mass is 341 g/mol. The minimum Gasteiger partial charge on any atom is -0.342 e. The molecule has 0 aromatic rings. The fourth-order valence-corrected chi connectivity index (χ4v) is 2.71. The number of nitrogens with two attached hydrogens (primary N) is 1. The SMILES string of the molecule is CCCCN(C)CC1CCN(C(=O)C(C)CN)CC1.Cl.Cl. The number of rotatable bonds is 7. The molecular weight excluding hydrogens is 309 g/mol. The van der Waals surface area contributed by atoms with Gasteiger partial charge in [-0.05, 0) is 38.8 Å². The Bertz CT molecular complexity index is 272. The summed E-state index contributed by atoms with van der Waals surface area (Å²) in [5, 5.41) is 0. The first kappa shape index (κ1) is 23.2. The van der Waals surface area contributed by atoms with Gasteiger partial charge in [0.2, 0.25) is 5.91 Å². The third kappa shape index (κ3) is 8.24. The van der Waals surface area contributed by atoms with Gasteiger partial charge in [-0.2, -0.15) is 0 Å². The Labute approximate surface area is 142 Å². The van der Waals surface area contributed by atoms with E-state index in [0.29, 0.717) is 6.54 Å². The van der Waals surface area contributed by atoms with Crippen LogP contribution in [-0.2, 0) is 4.79 Å². The first-order chi connectivity index (χ1) is 9.08. The molecule has 6 heteroatoms. The van der Waals surface area contributed by atoms with Crippen molar-refractivity contribution >= 4 is 30.7 Å². The first-order valence-corrected chi connectivity index (χ1v) is 7.75. The minimum atomic E-state index is -0.0243. The van der Waals surface area contributed by atoms with Crippen molar-refractivity contribution in [2.45, 2.75) is 39.5 Å². The number of carbonyl (C=O) groups excluding carboxylic acids is 1. The molecule has 0 spiro atoms. The van der Waals surface area contributed by atoms with E-state index in [1.807, 2.05) is 11.8 Å². The van der Waals surface area contributed by atoms with Gasteiger partial charge in [-0.3, -0.25) is 4.79 Å². The van der Waals surface area contributed by atoms with Crippen LogP contribution >= 0.6 is 24.8 Å². The van der Waals surface area contributed by atoms with Crippen LogP contribution in [0.4, 0.5) is 0 Å². The van der Waals surface area contributed by atoms with Gasteiger partial charge in [0.1, 0.15) is 0 Å². The maximum absolute atomic E-state index is 12.0. The Kier molecular flexibility index (Phi) is 13.8. The molecule has 0 bridgehead atoms. The molecule has 0 aromatic carbocycles. The van der Waals surface area contributed by atoms with E-state index in [2.05, 4.69) is 18.9 Å². The van der Waals surface area contributed by atoms with Crippen molar-refractivity contribution in [1.29, 1.82) is 0 Å². The molecule has 128 valence electrons. The standard InChI is InChI=1S/C15H31N3O.2ClH/c1-4-5-8-17(3)12-14-6-9-18(10-7-14)15(19)13(2)11-16;;/h13-14H,4-12,16H2,1-3H3;2*1H. The zero-order valence-electron chi connectivity index (χ0n) is 13.7. The number of carbonyl (C=O) groups is 1. The highest BCUT2D eigenvalue weighted by Gasteiger charge is 2.25. The Morgan fingerprint density at radius 1 is 1.33 bits per heavy atom. The van der Waals surface area contributed by atoms with Gasteiger partial charge >= 0.3 is 0 Å². The quantitative estimate of drug-likeness (QED) is 0.773. The average Bonchev–Trinajstić information content (AvgIpc) is 2.44. The van der Waals surface area contributed by atoms with Crippen molar-refractivity contribution in [3.8, 4) is 0 Å². The van der Waals surface area contributed by atoms with E-state index >= 15 is 0 Å². The van der Waals surface area contributed by atoms with E-state index in [1.165, 1.54) is 25.9 Å². The molecule has 1 fully saturated rings. The number of unbranched alkanes of at least 4 members (excludes halogenated alkanes) is 1. The second-order valence-corrected chi connectivity index (χ2v) is 6.02. The maximum Gasteiger partial charge on any atom is 0.226 e. The molecule has 1 rings (SSSR count). The summed E-state index contributed by atoms with van der Waals surface area (Å²) in [5.41, 5.74) is 5.57. The Hall–Kier alpha value is -0.0300. The molecule has 0 radical (unpaired) electrons. The van der Waals surface area contributed by atoms with Gasteiger partial charge in [0.15, 0.2) is 0 Å². The summed E-state index contributed by atoms with van der Waals surface area (Å²) in [6.07, 6.45) is 4.81. The van der Waals surface area contributed by atoms with Crippen molar-refractivity contribution in [3.63, 3.8) is 0 Å². The van der Waals surface area contributed by atoms with E-state index in [4.69, 9.17) is 5.73 Å². The number of halogens is 2. The minimum absolute atomic E-state index is 0. The lowest BCUT2D eigenvalue weighted by atomic mass is 9.95. The molecule has 1 unspecified atom stereocenters. The molecule has 1 aliphatic heterocycles. The molecule has 1 heterocycles. The predicted molar refractivity (Wildman–Crippen MR) is 94.4 cm³/mol. The molecule has 1 atom stereocenters. The number of nitrogens with zero attached hydrogens (tertiary/aromatic N) is 2. The van der Waals surface area contributed by atoms with Gasteiger partial charge in [-0.1, -0.05) is 20.3 Å². The van der Waals surface area contributed by atoms with Crippen LogP contribution < -0.4 is 5.73 Å². The number of hydrogen-bond donors (Lipinski definition) is 1. The smallest absolute Gasteiger partial charge is 0.226 e. The molecule has 2 N–H and O–H groups in total. The van der Waals surface area contributed by atoms with Gasteiger partial charge in [0.05, 0.1) is 0 Å².